The SMILES string of the molecule is CC(C)CCC[C@@H](C)[C@H]1CC[C@H]2[C@@H]3C[C@@H](Cl)[C@@]4(O)C[C@@H](O)CC[C@]4(C)[C@H]3CC[C@]12C. The molecule has 30 heavy (non-hydrogen) atoms. The van der Waals surface area contributed by atoms with Gasteiger partial charge in [-0.25, -0.2) is 0 Å². The molecule has 0 aromatic rings. The van der Waals surface area contributed by atoms with Crippen LogP contribution in [0.15, 0.2) is 0 Å². The number of aliphatic hydroxyl groups excluding tert-OH is 1. The molecule has 4 aliphatic rings. The van der Waals surface area contributed by atoms with Gasteiger partial charge < -0.3 is 10.2 Å². The molecule has 0 heterocycles. The van der Waals surface area contributed by atoms with E-state index in [4.69, 9.17) is 11.6 Å². The fourth-order valence-electron chi connectivity index (χ4n) is 9.24. The first-order valence-corrected chi connectivity index (χ1v) is 13.5. The standard InChI is InChI=1S/C27H47ClO2/c1-17(2)7-6-8-18(3)21-9-10-22-20-15-24(28)27(30)16-19(29)11-14-26(27,5)23(20)12-13-25(21,22)4/h17-24,29-30H,6-16H2,1-5H3/t18-,19+,20+,21-,22+,23+,24-,25-,26-,27+/m1/s1. The van der Waals surface area contributed by atoms with Crippen molar-refractivity contribution in [3.8, 4) is 0 Å². The lowest BCUT2D eigenvalue weighted by Gasteiger charge is -2.65. The molecule has 4 aliphatic carbocycles. The van der Waals surface area contributed by atoms with Crippen molar-refractivity contribution < 1.29 is 10.2 Å². The van der Waals surface area contributed by atoms with Gasteiger partial charge in [-0.2, -0.15) is 0 Å². The second-order valence-electron chi connectivity index (χ2n) is 12.8. The van der Waals surface area contributed by atoms with Crippen molar-refractivity contribution in [2.24, 2.45) is 46.3 Å². The third kappa shape index (κ3) is 3.50. The highest BCUT2D eigenvalue weighted by atomic mass is 35.5. The summed E-state index contributed by atoms with van der Waals surface area (Å²) in [5.74, 6) is 4.48. The molecular formula is C27H47ClO2. The lowest BCUT2D eigenvalue weighted by atomic mass is 9.43. The fourth-order valence-corrected chi connectivity index (χ4v) is 9.78. The molecule has 3 heteroatoms. The van der Waals surface area contributed by atoms with Crippen LogP contribution in [0.2, 0.25) is 0 Å². The highest BCUT2D eigenvalue weighted by molar-refractivity contribution is 6.21. The summed E-state index contributed by atoms with van der Waals surface area (Å²) in [6.07, 6.45) is 12.2. The molecule has 0 unspecified atom stereocenters. The molecule has 0 spiro atoms. The number of aliphatic hydroxyl groups is 2. The van der Waals surface area contributed by atoms with E-state index in [1.165, 1.54) is 44.9 Å². The molecular weight excluding hydrogens is 392 g/mol. The zero-order chi connectivity index (χ0) is 21.9. The first-order valence-electron chi connectivity index (χ1n) is 13.1. The van der Waals surface area contributed by atoms with Crippen molar-refractivity contribution in [3.63, 3.8) is 0 Å². The van der Waals surface area contributed by atoms with Gasteiger partial charge in [0, 0.05) is 11.8 Å². The number of rotatable bonds is 5. The maximum Gasteiger partial charge on any atom is 0.0891 e. The second-order valence-corrected chi connectivity index (χ2v) is 13.4. The molecule has 0 aliphatic heterocycles. The molecule has 4 saturated carbocycles. The first-order chi connectivity index (χ1) is 14.0. The Morgan fingerprint density at radius 1 is 0.967 bits per heavy atom. The Kier molecular flexibility index (Phi) is 6.40. The Labute approximate surface area is 190 Å². The first kappa shape index (κ1) is 23.4. The van der Waals surface area contributed by atoms with Crippen LogP contribution in [0, 0.1) is 46.3 Å². The van der Waals surface area contributed by atoms with Gasteiger partial charge in [-0.05, 0) is 85.9 Å². The van der Waals surface area contributed by atoms with Crippen LogP contribution >= 0.6 is 11.6 Å². The Bertz CT molecular complexity index is 622. The van der Waals surface area contributed by atoms with E-state index in [2.05, 4.69) is 34.6 Å². The normalized spacial score (nSPS) is 51.9. The van der Waals surface area contributed by atoms with E-state index >= 15 is 0 Å². The second kappa shape index (κ2) is 8.21. The van der Waals surface area contributed by atoms with Gasteiger partial charge >= 0.3 is 0 Å². The number of hydrogen-bond donors (Lipinski definition) is 2. The lowest BCUT2D eigenvalue weighted by molar-refractivity contribution is -0.217. The highest BCUT2D eigenvalue weighted by Crippen LogP contribution is 2.69. The third-order valence-electron chi connectivity index (χ3n) is 11.0. The average molecular weight is 439 g/mol. The maximum atomic E-state index is 11.7. The van der Waals surface area contributed by atoms with E-state index in [0.717, 1.165) is 42.9 Å². The third-order valence-corrected chi connectivity index (χ3v) is 11.5. The Morgan fingerprint density at radius 2 is 1.70 bits per heavy atom. The van der Waals surface area contributed by atoms with Crippen LogP contribution in [0.5, 0.6) is 0 Å². The Balaban J connectivity index is 1.53. The van der Waals surface area contributed by atoms with Gasteiger partial charge in [0.25, 0.3) is 0 Å². The zero-order valence-corrected chi connectivity index (χ0v) is 20.9. The molecule has 2 nitrogen and oxygen atoms in total. The number of halogens is 1. The summed E-state index contributed by atoms with van der Waals surface area (Å²) in [5.41, 5.74) is -0.581. The summed E-state index contributed by atoms with van der Waals surface area (Å²) in [4.78, 5) is 0. The van der Waals surface area contributed by atoms with Crippen LogP contribution in [0.3, 0.4) is 0 Å². The van der Waals surface area contributed by atoms with Gasteiger partial charge in [0.1, 0.15) is 0 Å². The quantitative estimate of drug-likeness (QED) is 0.463. The van der Waals surface area contributed by atoms with E-state index in [0.29, 0.717) is 23.7 Å². The minimum atomic E-state index is -0.900. The van der Waals surface area contributed by atoms with Gasteiger partial charge in [0.05, 0.1) is 17.1 Å². The summed E-state index contributed by atoms with van der Waals surface area (Å²) in [6.45, 7) is 12.1. The maximum absolute atomic E-state index is 11.7. The van der Waals surface area contributed by atoms with Crippen LogP contribution < -0.4 is 0 Å². The minimum absolute atomic E-state index is 0.135. The highest BCUT2D eigenvalue weighted by Gasteiger charge is 2.67. The topological polar surface area (TPSA) is 40.5 Å². The number of alkyl halides is 1. The van der Waals surface area contributed by atoms with Gasteiger partial charge in [0.2, 0.25) is 0 Å². The van der Waals surface area contributed by atoms with E-state index in [1.54, 1.807) is 0 Å². The van der Waals surface area contributed by atoms with Crippen molar-refractivity contribution >= 4 is 11.6 Å². The van der Waals surface area contributed by atoms with E-state index in [9.17, 15) is 10.2 Å². The summed E-state index contributed by atoms with van der Waals surface area (Å²) in [5, 5.41) is 21.8. The van der Waals surface area contributed by atoms with Crippen LogP contribution in [-0.4, -0.2) is 27.3 Å². The van der Waals surface area contributed by atoms with Gasteiger partial charge in [0.15, 0.2) is 0 Å². The van der Waals surface area contributed by atoms with Gasteiger partial charge in [-0.15, -0.1) is 11.6 Å². The average Bonchev–Trinajstić information content (AvgIpc) is 3.01. The summed E-state index contributed by atoms with van der Waals surface area (Å²) >= 11 is 6.98. The predicted octanol–water partition coefficient (Wildman–Crippen LogP) is 6.80. The Hall–Kier alpha value is 0.210. The molecule has 0 aromatic carbocycles. The van der Waals surface area contributed by atoms with Crippen LogP contribution in [0.4, 0.5) is 0 Å². The molecule has 4 rings (SSSR count). The van der Waals surface area contributed by atoms with Crippen molar-refractivity contribution in [1.82, 2.24) is 0 Å². The molecule has 10 atom stereocenters. The molecule has 0 aromatic heterocycles. The smallest absolute Gasteiger partial charge is 0.0891 e. The Morgan fingerprint density at radius 3 is 2.40 bits per heavy atom. The largest absolute Gasteiger partial charge is 0.393 e. The fraction of sp³-hybridized carbons (Fsp3) is 1.00. The lowest BCUT2D eigenvalue weighted by Crippen LogP contribution is -2.67. The monoisotopic (exact) mass is 438 g/mol. The van der Waals surface area contributed by atoms with Crippen LogP contribution in [-0.2, 0) is 0 Å². The molecule has 0 radical (unpaired) electrons. The van der Waals surface area contributed by atoms with E-state index in [1.807, 2.05) is 0 Å². The van der Waals surface area contributed by atoms with Crippen LogP contribution in [0.1, 0.15) is 105 Å². The molecule has 174 valence electrons. The summed E-state index contributed by atoms with van der Waals surface area (Å²) < 4.78 is 0. The van der Waals surface area contributed by atoms with Crippen molar-refractivity contribution in [1.29, 1.82) is 0 Å². The molecule has 4 fully saturated rings. The molecule has 0 amide bonds. The number of fused-ring (bicyclic) bond motifs is 5. The molecule has 0 saturated heterocycles. The minimum Gasteiger partial charge on any atom is -0.393 e. The van der Waals surface area contributed by atoms with Gasteiger partial charge in [-0.3, -0.25) is 0 Å². The predicted molar refractivity (Wildman–Crippen MR) is 126 cm³/mol. The van der Waals surface area contributed by atoms with Crippen LogP contribution in [0.25, 0.3) is 0 Å². The van der Waals surface area contributed by atoms with Crippen molar-refractivity contribution in [2.75, 3.05) is 0 Å². The zero-order valence-electron chi connectivity index (χ0n) is 20.2. The van der Waals surface area contributed by atoms with Crippen molar-refractivity contribution in [2.45, 2.75) is 122 Å². The molecule has 2 N–H and O–H groups in total. The van der Waals surface area contributed by atoms with E-state index in [-0.39, 0.29) is 10.8 Å². The van der Waals surface area contributed by atoms with Crippen molar-refractivity contribution in [3.05, 3.63) is 0 Å². The van der Waals surface area contributed by atoms with Gasteiger partial charge in [-0.1, -0.05) is 53.9 Å². The number of hydrogen-bond acceptors (Lipinski definition) is 2. The summed E-state index contributed by atoms with van der Waals surface area (Å²) in [7, 11) is 0. The summed E-state index contributed by atoms with van der Waals surface area (Å²) in [6, 6.07) is 0. The molecule has 0 bridgehead atoms. The van der Waals surface area contributed by atoms with E-state index < -0.39 is 11.7 Å².